The molecule has 4 rings (SSSR count). The highest BCUT2D eigenvalue weighted by molar-refractivity contribution is 5.54. The van der Waals surface area contributed by atoms with E-state index in [-0.39, 0.29) is 0 Å². The Morgan fingerprint density at radius 1 is 1.07 bits per heavy atom. The highest BCUT2D eigenvalue weighted by atomic mass is 16.5. The minimum absolute atomic E-state index is 0.702. The maximum Gasteiger partial charge on any atom is 0.180 e. The highest BCUT2D eigenvalue weighted by Crippen LogP contribution is 2.22. The number of rotatable bonds is 5. The minimum Gasteiger partial charge on any atom is -0.361 e. The topological polar surface area (TPSA) is 71.2 Å². The summed E-state index contributed by atoms with van der Waals surface area (Å²) in [5, 5.41) is 4.07. The molecule has 7 heteroatoms. The number of hydrogen-bond acceptors (Lipinski definition) is 7. The van der Waals surface area contributed by atoms with Crippen molar-refractivity contribution in [3.05, 3.63) is 53.2 Å². The van der Waals surface area contributed by atoms with Crippen LogP contribution in [0.15, 0.2) is 35.0 Å². The van der Waals surface area contributed by atoms with E-state index in [0.29, 0.717) is 5.82 Å². The summed E-state index contributed by atoms with van der Waals surface area (Å²) in [5.41, 5.74) is 4.06. The Morgan fingerprint density at radius 3 is 2.54 bits per heavy atom. The number of pyridine rings is 1. The third-order valence-corrected chi connectivity index (χ3v) is 5.28. The van der Waals surface area contributed by atoms with Crippen LogP contribution in [0.4, 0.5) is 5.82 Å². The van der Waals surface area contributed by atoms with Crippen LogP contribution in [-0.2, 0) is 13.0 Å². The van der Waals surface area contributed by atoms with Crippen molar-refractivity contribution in [2.45, 2.75) is 33.7 Å². The fourth-order valence-corrected chi connectivity index (χ4v) is 3.52. The van der Waals surface area contributed by atoms with Crippen LogP contribution < -0.4 is 4.90 Å². The lowest BCUT2D eigenvalue weighted by Gasteiger charge is -2.35. The number of piperazine rings is 1. The van der Waals surface area contributed by atoms with Gasteiger partial charge in [0.2, 0.25) is 0 Å². The molecule has 0 saturated carbocycles. The van der Waals surface area contributed by atoms with E-state index in [1.54, 1.807) is 6.20 Å². The molecule has 28 heavy (non-hydrogen) atoms. The third kappa shape index (κ3) is 3.89. The third-order valence-electron chi connectivity index (χ3n) is 5.28. The Morgan fingerprint density at radius 2 is 1.89 bits per heavy atom. The molecule has 0 radical (unpaired) electrons. The van der Waals surface area contributed by atoms with E-state index in [4.69, 9.17) is 9.51 Å². The lowest BCUT2D eigenvalue weighted by molar-refractivity contribution is 0.247. The summed E-state index contributed by atoms with van der Waals surface area (Å²) >= 11 is 0. The maximum absolute atomic E-state index is 5.30. The van der Waals surface area contributed by atoms with Crippen molar-refractivity contribution >= 4 is 5.82 Å². The van der Waals surface area contributed by atoms with Crippen molar-refractivity contribution in [2.24, 2.45) is 0 Å². The number of hydrogen-bond donors (Lipinski definition) is 0. The molecule has 4 heterocycles. The molecular weight excluding hydrogens is 352 g/mol. The van der Waals surface area contributed by atoms with E-state index in [2.05, 4.69) is 37.9 Å². The second-order valence-corrected chi connectivity index (χ2v) is 7.18. The number of aromatic nitrogens is 4. The van der Waals surface area contributed by atoms with Crippen LogP contribution >= 0.6 is 0 Å². The van der Waals surface area contributed by atoms with Crippen LogP contribution in [0.2, 0.25) is 0 Å². The van der Waals surface area contributed by atoms with Crippen LogP contribution in [0.3, 0.4) is 0 Å². The molecular formula is C21H26N6O. The molecule has 1 aliphatic heterocycles. The Kier molecular flexibility index (Phi) is 5.34. The van der Waals surface area contributed by atoms with Crippen molar-refractivity contribution in [1.29, 1.82) is 0 Å². The van der Waals surface area contributed by atoms with Crippen LogP contribution in [0, 0.1) is 13.8 Å². The molecule has 7 nitrogen and oxygen atoms in total. The number of anilines is 1. The van der Waals surface area contributed by atoms with Gasteiger partial charge in [0.25, 0.3) is 0 Å². The zero-order valence-corrected chi connectivity index (χ0v) is 16.7. The average molecular weight is 378 g/mol. The van der Waals surface area contributed by atoms with Gasteiger partial charge in [0.15, 0.2) is 5.82 Å². The minimum atomic E-state index is 0.702. The van der Waals surface area contributed by atoms with Crippen molar-refractivity contribution < 1.29 is 4.52 Å². The van der Waals surface area contributed by atoms with E-state index in [9.17, 15) is 0 Å². The van der Waals surface area contributed by atoms with Gasteiger partial charge >= 0.3 is 0 Å². The van der Waals surface area contributed by atoms with Gasteiger partial charge in [-0.15, -0.1) is 0 Å². The molecule has 0 N–H and O–H groups in total. The van der Waals surface area contributed by atoms with Crippen molar-refractivity contribution in [2.75, 3.05) is 31.1 Å². The highest BCUT2D eigenvalue weighted by Gasteiger charge is 2.21. The molecule has 0 spiro atoms. The summed E-state index contributed by atoms with van der Waals surface area (Å²) in [4.78, 5) is 18.7. The molecule has 1 fully saturated rings. The van der Waals surface area contributed by atoms with Gasteiger partial charge in [0.05, 0.1) is 5.69 Å². The van der Waals surface area contributed by atoms with Crippen LogP contribution in [-0.4, -0.2) is 51.2 Å². The van der Waals surface area contributed by atoms with E-state index in [1.165, 1.54) is 5.56 Å². The predicted octanol–water partition coefficient (Wildman–Crippen LogP) is 3.03. The van der Waals surface area contributed by atoms with Gasteiger partial charge in [-0.25, -0.2) is 9.97 Å². The normalized spacial score (nSPS) is 15.2. The summed E-state index contributed by atoms with van der Waals surface area (Å²) in [5.74, 6) is 2.61. The van der Waals surface area contributed by atoms with Crippen molar-refractivity contribution in [1.82, 2.24) is 25.0 Å². The zero-order chi connectivity index (χ0) is 19.5. The second kappa shape index (κ2) is 8.06. The molecule has 0 atom stereocenters. The molecule has 146 valence electrons. The largest absolute Gasteiger partial charge is 0.361 e. The van der Waals surface area contributed by atoms with Gasteiger partial charge in [-0.05, 0) is 32.4 Å². The van der Waals surface area contributed by atoms with Gasteiger partial charge in [0, 0.05) is 56.2 Å². The van der Waals surface area contributed by atoms with Crippen LogP contribution in [0.1, 0.15) is 29.6 Å². The van der Waals surface area contributed by atoms with Gasteiger partial charge in [-0.1, -0.05) is 18.1 Å². The first-order chi connectivity index (χ1) is 13.6. The van der Waals surface area contributed by atoms with E-state index in [0.717, 1.165) is 67.8 Å². The molecule has 1 saturated heterocycles. The summed E-state index contributed by atoms with van der Waals surface area (Å²) < 4.78 is 5.30. The standard InChI is InChI=1S/C21H26N6O/c1-4-17-13-20(24-21(23-17)19-7-5-6-8-22-19)27-11-9-26(10-12-27)14-18-15(2)25-28-16(18)3/h5-8,13H,4,9-12,14H2,1-3H3. The van der Waals surface area contributed by atoms with Crippen LogP contribution in [0.5, 0.6) is 0 Å². The Hall–Kier alpha value is -2.80. The zero-order valence-electron chi connectivity index (χ0n) is 16.7. The predicted molar refractivity (Wildman–Crippen MR) is 108 cm³/mol. The van der Waals surface area contributed by atoms with Crippen molar-refractivity contribution in [3.63, 3.8) is 0 Å². The first-order valence-electron chi connectivity index (χ1n) is 9.82. The molecule has 0 amide bonds. The van der Waals surface area contributed by atoms with Gasteiger partial charge in [-0.3, -0.25) is 9.88 Å². The molecule has 1 aliphatic rings. The molecule has 0 aromatic carbocycles. The monoisotopic (exact) mass is 378 g/mol. The average Bonchev–Trinajstić information content (AvgIpc) is 3.06. The smallest absolute Gasteiger partial charge is 0.180 e. The van der Waals surface area contributed by atoms with Gasteiger partial charge in [-0.2, -0.15) is 0 Å². The molecule has 3 aromatic heterocycles. The summed E-state index contributed by atoms with van der Waals surface area (Å²) in [6.07, 6.45) is 2.66. The summed E-state index contributed by atoms with van der Waals surface area (Å²) in [6, 6.07) is 7.94. The molecule has 3 aromatic rings. The number of nitrogens with zero attached hydrogens (tertiary/aromatic N) is 6. The van der Waals surface area contributed by atoms with E-state index < -0.39 is 0 Å². The fraction of sp³-hybridized carbons (Fsp3) is 0.429. The van der Waals surface area contributed by atoms with Gasteiger partial charge < -0.3 is 9.42 Å². The number of aryl methyl sites for hydroxylation is 3. The quantitative estimate of drug-likeness (QED) is 0.676. The lowest BCUT2D eigenvalue weighted by Crippen LogP contribution is -2.46. The lowest BCUT2D eigenvalue weighted by atomic mass is 10.1. The maximum atomic E-state index is 5.30. The summed E-state index contributed by atoms with van der Waals surface area (Å²) in [7, 11) is 0. The summed E-state index contributed by atoms with van der Waals surface area (Å²) in [6.45, 7) is 10.8. The molecule has 0 bridgehead atoms. The van der Waals surface area contributed by atoms with E-state index in [1.807, 2.05) is 32.0 Å². The molecule has 0 aliphatic carbocycles. The first-order valence-corrected chi connectivity index (χ1v) is 9.82. The van der Waals surface area contributed by atoms with Crippen molar-refractivity contribution in [3.8, 4) is 11.5 Å². The Balaban J connectivity index is 1.48. The molecule has 0 unspecified atom stereocenters. The SMILES string of the molecule is CCc1cc(N2CCN(Cc3c(C)noc3C)CC2)nc(-c2ccccn2)n1. The fourth-order valence-electron chi connectivity index (χ4n) is 3.52. The van der Waals surface area contributed by atoms with Crippen LogP contribution in [0.25, 0.3) is 11.5 Å². The van der Waals surface area contributed by atoms with E-state index >= 15 is 0 Å². The van der Waals surface area contributed by atoms with Gasteiger partial charge in [0.1, 0.15) is 17.3 Å². The first kappa shape index (κ1) is 18.6. The second-order valence-electron chi connectivity index (χ2n) is 7.18. The Bertz CT molecular complexity index is 912. The Labute approximate surface area is 165 Å².